The number of benzene rings is 1. The van der Waals surface area contributed by atoms with Crippen LogP contribution >= 0.6 is 46.4 Å². The van der Waals surface area contributed by atoms with Crippen LogP contribution in [0.3, 0.4) is 0 Å². The van der Waals surface area contributed by atoms with Crippen LogP contribution in [0.4, 0.5) is 0 Å². The fourth-order valence-electron chi connectivity index (χ4n) is 1.32. The highest BCUT2D eigenvalue weighted by atomic mass is 35.5. The van der Waals surface area contributed by atoms with E-state index in [1.165, 1.54) is 0 Å². The summed E-state index contributed by atoms with van der Waals surface area (Å²) in [5.41, 5.74) is 1.45. The van der Waals surface area contributed by atoms with Crippen LogP contribution in [0.5, 0.6) is 0 Å². The summed E-state index contributed by atoms with van der Waals surface area (Å²) in [6.07, 6.45) is 1.55. The van der Waals surface area contributed by atoms with Gasteiger partial charge in [0.05, 0.1) is 15.1 Å². The second kappa shape index (κ2) is 4.80. The van der Waals surface area contributed by atoms with Crippen molar-refractivity contribution in [2.45, 2.75) is 0 Å². The van der Waals surface area contributed by atoms with Gasteiger partial charge in [0.2, 0.25) is 0 Å². The lowest BCUT2D eigenvalue weighted by atomic mass is 10.1. The predicted molar refractivity (Wildman–Crippen MR) is 69.7 cm³/mol. The summed E-state index contributed by atoms with van der Waals surface area (Å²) >= 11 is 23.8. The molecule has 0 amide bonds. The molecule has 0 saturated carbocycles. The monoisotopic (exact) mass is 291 g/mol. The Morgan fingerprint density at radius 2 is 1.56 bits per heavy atom. The Kier molecular flexibility index (Phi) is 3.60. The number of pyridine rings is 1. The van der Waals surface area contributed by atoms with E-state index in [0.29, 0.717) is 25.8 Å². The van der Waals surface area contributed by atoms with Gasteiger partial charge in [-0.2, -0.15) is 0 Å². The molecule has 0 spiro atoms. The molecular formula is C11H5Cl4N. The first-order valence-corrected chi connectivity index (χ1v) is 5.86. The van der Waals surface area contributed by atoms with Gasteiger partial charge in [0, 0.05) is 11.8 Å². The smallest absolute Gasteiger partial charge is 0.138 e. The van der Waals surface area contributed by atoms with Gasteiger partial charge in [0.25, 0.3) is 0 Å². The molecule has 2 aromatic rings. The molecule has 0 saturated heterocycles. The van der Waals surface area contributed by atoms with Crippen LogP contribution in [0.25, 0.3) is 11.1 Å². The molecule has 0 aliphatic carbocycles. The number of aromatic nitrogens is 1. The lowest BCUT2D eigenvalue weighted by Gasteiger charge is -2.07. The predicted octanol–water partition coefficient (Wildman–Crippen LogP) is 5.36. The zero-order valence-electron chi connectivity index (χ0n) is 7.85. The van der Waals surface area contributed by atoms with Crippen LogP contribution < -0.4 is 0 Å². The van der Waals surface area contributed by atoms with Gasteiger partial charge >= 0.3 is 0 Å². The third kappa shape index (κ3) is 2.28. The number of hydrogen-bond donors (Lipinski definition) is 0. The lowest BCUT2D eigenvalue weighted by molar-refractivity contribution is 1.33. The largest absolute Gasteiger partial charge is 0.244 e. The number of halogens is 4. The third-order valence-electron chi connectivity index (χ3n) is 2.06. The number of nitrogens with zero attached hydrogens (tertiary/aromatic N) is 1. The summed E-state index contributed by atoms with van der Waals surface area (Å²) in [6.45, 7) is 0. The van der Waals surface area contributed by atoms with Gasteiger partial charge in [-0.25, -0.2) is 4.98 Å². The molecule has 0 N–H and O–H groups in total. The maximum atomic E-state index is 6.06. The first-order chi connectivity index (χ1) is 7.59. The normalized spacial score (nSPS) is 10.5. The van der Waals surface area contributed by atoms with E-state index in [1.54, 1.807) is 30.5 Å². The highest BCUT2D eigenvalue weighted by Crippen LogP contribution is 2.35. The Labute approximate surface area is 113 Å². The molecule has 1 heterocycles. The molecule has 2 rings (SSSR count). The molecule has 0 fully saturated rings. The molecule has 1 nitrogen and oxygen atoms in total. The average molecular weight is 293 g/mol. The van der Waals surface area contributed by atoms with Crippen molar-refractivity contribution in [2.75, 3.05) is 0 Å². The summed E-state index contributed by atoms with van der Waals surface area (Å²) < 4.78 is 0. The van der Waals surface area contributed by atoms with Crippen LogP contribution in [-0.2, 0) is 0 Å². The van der Waals surface area contributed by atoms with Crippen molar-refractivity contribution in [1.82, 2.24) is 4.98 Å². The standard InChI is InChI=1S/C11H5Cl4N/c12-7-2-1-6(5-9(7)14)10-8(13)3-4-16-11(10)15/h1-5H. The molecule has 0 radical (unpaired) electrons. The van der Waals surface area contributed by atoms with Gasteiger partial charge in [-0.15, -0.1) is 0 Å². The van der Waals surface area contributed by atoms with E-state index in [4.69, 9.17) is 46.4 Å². The van der Waals surface area contributed by atoms with Crippen LogP contribution in [-0.4, -0.2) is 4.98 Å². The Morgan fingerprint density at radius 3 is 2.19 bits per heavy atom. The molecule has 82 valence electrons. The van der Waals surface area contributed by atoms with Crippen molar-refractivity contribution in [3.63, 3.8) is 0 Å². The summed E-state index contributed by atoms with van der Waals surface area (Å²) in [6, 6.07) is 6.87. The highest BCUT2D eigenvalue weighted by molar-refractivity contribution is 6.42. The second-order valence-corrected chi connectivity index (χ2v) is 4.67. The minimum absolute atomic E-state index is 0.339. The van der Waals surface area contributed by atoms with Crippen LogP contribution in [0, 0.1) is 0 Å². The fourth-order valence-corrected chi connectivity index (χ4v) is 2.19. The molecular weight excluding hydrogens is 288 g/mol. The molecule has 0 unspecified atom stereocenters. The maximum absolute atomic E-state index is 6.06. The van der Waals surface area contributed by atoms with Gasteiger partial charge in [0.15, 0.2) is 0 Å². The first-order valence-electron chi connectivity index (χ1n) is 4.35. The van der Waals surface area contributed by atoms with E-state index >= 15 is 0 Å². The molecule has 0 aliphatic heterocycles. The fraction of sp³-hybridized carbons (Fsp3) is 0. The van der Waals surface area contributed by atoms with Crippen molar-refractivity contribution < 1.29 is 0 Å². The van der Waals surface area contributed by atoms with Gasteiger partial charge in [-0.1, -0.05) is 52.5 Å². The van der Waals surface area contributed by atoms with Crippen LogP contribution in [0.15, 0.2) is 30.5 Å². The molecule has 1 aromatic carbocycles. The summed E-state index contributed by atoms with van der Waals surface area (Å²) in [4.78, 5) is 3.97. The minimum Gasteiger partial charge on any atom is -0.244 e. The minimum atomic E-state index is 0.339. The summed E-state index contributed by atoms with van der Waals surface area (Å²) in [7, 11) is 0. The summed E-state index contributed by atoms with van der Waals surface area (Å²) in [5.74, 6) is 0. The Hall–Kier alpha value is -0.470. The third-order valence-corrected chi connectivity index (χ3v) is 3.40. The van der Waals surface area contributed by atoms with E-state index in [2.05, 4.69) is 4.98 Å². The molecule has 0 bridgehead atoms. The quantitative estimate of drug-likeness (QED) is 0.645. The van der Waals surface area contributed by atoms with Gasteiger partial charge < -0.3 is 0 Å². The van der Waals surface area contributed by atoms with Crippen molar-refractivity contribution in [3.05, 3.63) is 50.7 Å². The number of rotatable bonds is 1. The maximum Gasteiger partial charge on any atom is 0.138 e. The van der Waals surface area contributed by atoms with E-state index in [1.807, 2.05) is 0 Å². The Bertz CT molecular complexity index is 519. The van der Waals surface area contributed by atoms with Crippen LogP contribution in [0.2, 0.25) is 20.2 Å². The van der Waals surface area contributed by atoms with Crippen molar-refractivity contribution in [3.8, 4) is 11.1 Å². The van der Waals surface area contributed by atoms with Crippen molar-refractivity contribution in [2.24, 2.45) is 0 Å². The van der Waals surface area contributed by atoms with Gasteiger partial charge in [-0.3, -0.25) is 0 Å². The topological polar surface area (TPSA) is 12.9 Å². The number of hydrogen-bond acceptors (Lipinski definition) is 1. The zero-order valence-corrected chi connectivity index (χ0v) is 10.9. The van der Waals surface area contributed by atoms with E-state index in [0.717, 1.165) is 5.56 Å². The van der Waals surface area contributed by atoms with E-state index < -0.39 is 0 Å². The highest BCUT2D eigenvalue weighted by Gasteiger charge is 2.10. The summed E-state index contributed by atoms with van der Waals surface area (Å²) in [5, 5.41) is 1.81. The molecule has 0 aliphatic rings. The molecule has 5 heteroatoms. The van der Waals surface area contributed by atoms with E-state index in [9.17, 15) is 0 Å². The van der Waals surface area contributed by atoms with E-state index in [-0.39, 0.29) is 0 Å². The van der Waals surface area contributed by atoms with Gasteiger partial charge in [0.1, 0.15) is 5.15 Å². The molecule has 16 heavy (non-hydrogen) atoms. The Balaban J connectivity index is 2.63. The van der Waals surface area contributed by atoms with Gasteiger partial charge in [-0.05, 0) is 23.8 Å². The van der Waals surface area contributed by atoms with Crippen LogP contribution in [0.1, 0.15) is 0 Å². The average Bonchev–Trinajstić information content (AvgIpc) is 2.23. The van der Waals surface area contributed by atoms with Crippen molar-refractivity contribution in [1.29, 1.82) is 0 Å². The molecule has 0 atom stereocenters. The zero-order chi connectivity index (χ0) is 11.7. The Morgan fingerprint density at radius 1 is 0.812 bits per heavy atom. The van der Waals surface area contributed by atoms with Crippen molar-refractivity contribution >= 4 is 46.4 Å². The second-order valence-electron chi connectivity index (χ2n) is 3.09. The molecule has 1 aromatic heterocycles. The first kappa shape index (κ1) is 12.0. The lowest BCUT2D eigenvalue weighted by Crippen LogP contribution is -1.85. The SMILES string of the molecule is Clc1ccc(-c2c(Cl)ccnc2Cl)cc1Cl.